The van der Waals surface area contributed by atoms with E-state index < -0.39 is 11.7 Å². The Morgan fingerprint density at radius 1 is 1.24 bits per heavy atom. The number of hydrogen-bond acceptors (Lipinski definition) is 3. The second-order valence-electron chi connectivity index (χ2n) is 4.57. The molecule has 0 unspecified atom stereocenters. The van der Waals surface area contributed by atoms with E-state index in [4.69, 9.17) is 0 Å². The molecular formula is C14H11F3N4. The highest BCUT2D eigenvalue weighted by atomic mass is 19.4. The van der Waals surface area contributed by atoms with Gasteiger partial charge in [0.2, 0.25) is 0 Å². The van der Waals surface area contributed by atoms with Crippen molar-refractivity contribution in [2.75, 3.05) is 0 Å². The van der Waals surface area contributed by atoms with Crippen LogP contribution in [0.1, 0.15) is 12.8 Å². The standard InChI is InChI=1S/C14H11F3N4/c15-14(16,17)11-3-1-2-4-13(11)21-8-10(7-20-21)12-5-6-18-9-19-12/h2,4-9H,1,3H2. The lowest BCUT2D eigenvalue weighted by Gasteiger charge is -2.18. The zero-order valence-corrected chi connectivity index (χ0v) is 10.9. The fraction of sp³-hybridized carbons (Fsp3) is 0.214. The first-order valence-electron chi connectivity index (χ1n) is 6.34. The molecule has 0 radical (unpaired) electrons. The number of aromatic nitrogens is 4. The van der Waals surface area contributed by atoms with E-state index in [1.807, 2.05) is 0 Å². The van der Waals surface area contributed by atoms with Crippen LogP contribution in [0.25, 0.3) is 17.0 Å². The molecule has 0 bridgehead atoms. The Balaban J connectivity index is 2.03. The molecule has 0 aliphatic heterocycles. The van der Waals surface area contributed by atoms with Crippen molar-refractivity contribution in [3.05, 3.63) is 48.7 Å². The minimum Gasteiger partial charge on any atom is -0.245 e. The summed E-state index contributed by atoms with van der Waals surface area (Å²) in [5.74, 6) is 0. The second-order valence-corrected chi connectivity index (χ2v) is 4.57. The third kappa shape index (κ3) is 2.72. The first-order valence-corrected chi connectivity index (χ1v) is 6.34. The van der Waals surface area contributed by atoms with Crippen molar-refractivity contribution in [1.82, 2.24) is 19.7 Å². The first kappa shape index (κ1) is 13.5. The van der Waals surface area contributed by atoms with E-state index in [-0.39, 0.29) is 12.1 Å². The largest absolute Gasteiger partial charge is 0.414 e. The summed E-state index contributed by atoms with van der Waals surface area (Å²) >= 11 is 0. The minimum atomic E-state index is -4.35. The molecule has 0 saturated carbocycles. The lowest BCUT2D eigenvalue weighted by Crippen LogP contribution is -2.17. The van der Waals surface area contributed by atoms with Gasteiger partial charge in [0, 0.05) is 18.0 Å². The smallest absolute Gasteiger partial charge is 0.245 e. The maximum absolute atomic E-state index is 13.1. The molecule has 0 fully saturated rings. The van der Waals surface area contributed by atoms with Crippen molar-refractivity contribution in [2.45, 2.75) is 19.0 Å². The van der Waals surface area contributed by atoms with Crippen LogP contribution in [0.2, 0.25) is 0 Å². The van der Waals surface area contributed by atoms with E-state index in [1.165, 1.54) is 23.3 Å². The Kier molecular flexibility index (Phi) is 3.32. The van der Waals surface area contributed by atoms with Crippen molar-refractivity contribution in [3.63, 3.8) is 0 Å². The van der Waals surface area contributed by atoms with E-state index in [0.29, 0.717) is 17.7 Å². The van der Waals surface area contributed by atoms with Gasteiger partial charge in [0.1, 0.15) is 6.33 Å². The van der Waals surface area contributed by atoms with E-state index in [9.17, 15) is 13.2 Å². The number of hydrogen-bond donors (Lipinski definition) is 0. The fourth-order valence-corrected chi connectivity index (χ4v) is 2.20. The highest BCUT2D eigenvalue weighted by Crippen LogP contribution is 2.36. The summed E-state index contributed by atoms with van der Waals surface area (Å²) in [4.78, 5) is 7.86. The molecule has 3 rings (SSSR count). The lowest BCUT2D eigenvalue weighted by atomic mass is 10.0. The quantitative estimate of drug-likeness (QED) is 0.851. The molecule has 2 aromatic rings. The summed E-state index contributed by atoms with van der Waals surface area (Å²) in [5.41, 5.74) is 0.770. The van der Waals surface area contributed by atoms with Crippen LogP contribution in [0.15, 0.2) is 48.7 Å². The van der Waals surface area contributed by atoms with Crippen LogP contribution in [-0.2, 0) is 0 Å². The SMILES string of the molecule is FC(F)(F)C1=C(n2cc(-c3ccncn3)cn2)C=CCC1. The van der Waals surface area contributed by atoms with E-state index in [2.05, 4.69) is 15.1 Å². The number of nitrogens with zero attached hydrogens (tertiary/aromatic N) is 4. The van der Waals surface area contributed by atoms with Gasteiger partial charge in [-0.3, -0.25) is 0 Å². The maximum Gasteiger partial charge on any atom is 0.414 e. The predicted octanol–water partition coefficient (Wildman–Crippen LogP) is 3.46. The highest BCUT2D eigenvalue weighted by molar-refractivity contribution is 5.66. The monoisotopic (exact) mass is 292 g/mol. The maximum atomic E-state index is 13.1. The van der Waals surface area contributed by atoms with Gasteiger partial charge in [0.05, 0.1) is 23.2 Å². The van der Waals surface area contributed by atoms with Crippen LogP contribution in [0.4, 0.5) is 13.2 Å². The number of alkyl halides is 3. The van der Waals surface area contributed by atoms with E-state index in [0.717, 1.165) is 0 Å². The third-order valence-electron chi connectivity index (χ3n) is 3.20. The lowest BCUT2D eigenvalue weighted by molar-refractivity contribution is -0.0936. The Hall–Kier alpha value is -2.44. The van der Waals surface area contributed by atoms with Crippen molar-refractivity contribution >= 4 is 5.70 Å². The predicted molar refractivity (Wildman–Crippen MR) is 70.9 cm³/mol. The van der Waals surface area contributed by atoms with Crippen molar-refractivity contribution < 1.29 is 13.2 Å². The Morgan fingerprint density at radius 3 is 2.81 bits per heavy atom. The van der Waals surface area contributed by atoms with Crippen molar-refractivity contribution in [2.24, 2.45) is 0 Å². The Labute approximate surface area is 118 Å². The van der Waals surface area contributed by atoms with Crippen molar-refractivity contribution in [1.29, 1.82) is 0 Å². The van der Waals surface area contributed by atoms with Crippen LogP contribution < -0.4 is 0 Å². The van der Waals surface area contributed by atoms with Gasteiger partial charge in [-0.1, -0.05) is 6.08 Å². The van der Waals surface area contributed by atoms with Crippen LogP contribution in [-0.4, -0.2) is 25.9 Å². The van der Waals surface area contributed by atoms with Crippen LogP contribution in [0.3, 0.4) is 0 Å². The number of halogens is 3. The molecule has 2 heterocycles. The molecule has 1 aliphatic carbocycles. The molecule has 21 heavy (non-hydrogen) atoms. The fourth-order valence-electron chi connectivity index (χ4n) is 2.20. The molecular weight excluding hydrogens is 281 g/mol. The summed E-state index contributed by atoms with van der Waals surface area (Å²) in [5, 5.41) is 4.03. The summed E-state index contributed by atoms with van der Waals surface area (Å²) in [7, 11) is 0. The molecule has 0 saturated heterocycles. The summed E-state index contributed by atoms with van der Waals surface area (Å²) < 4.78 is 40.4. The number of rotatable bonds is 2. The van der Waals surface area contributed by atoms with Crippen LogP contribution in [0, 0.1) is 0 Å². The summed E-state index contributed by atoms with van der Waals surface area (Å²) in [6.07, 6.45) is 5.18. The molecule has 0 N–H and O–H groups in total. The van der Waals surface area contributed by atoms with Gasteiger partial charge in [-0.15, -0.1) is 0 Å². The normalized spacial score (nSPS) is 15.6. The van der Waals surface area contributed by atoms with Gasteiger partial charge < -0.3 is 0 Å². The molecule has 108 valence electrons. The van der Waals surface area contributed by atoms with Crippen LogP contribution >= 0.6 is 0 Å². The molecule has 2 aromatic heterocycles. The molecule has 1 aliphatic rings. The average Bonchev–Trinajstić information content (AvgIpc) is 2.97. The zero-order valence-electron chi connectivity index (χ0n) is 10.9. The first-order chi connectivity index (χ1) is 10.1. The van der Waals surface area contributed by atoms with Crippen molar-refractivity contribution in [3.8, 4) is 11.3 Å². The average molecular weight is 292 g/mol. The van der Waals surface area contributed by atoms with Gasteiger partial charge in [-0.25, -0.2) is 14.6 Å². The summed E-state index contributed by atoms with van der Waals surface area (Å²) in [6, 6.07) is 1.68. The molecule has 4 nitrogen and oxygen atoms in total. The van der Waals surface area contributed by atoms with E-state index in [1.54, 1.807) is 24.5 Å². The molecule has 0 spiro atoms. The highest BCUT2D eigenvalue weighted by Gasteiger charge is 2.36. The number of allylic oxidation sites excluding steroid dienone is 4. The zero-order chi connectivity index (χ0) is 14.9. The van der Waals surface area contributed by atoms with E-state index >= 15 is 0 Å². The second kappa shape index (κ2) is 5.16. The minimum absolute atomic E-state index is 0.0297. The Bertz CT molecular complexity index is 699. The summed E-state index contributed by atoms with van der Waals surface area (Å²) in [6.45, 7) is 0. The molecule has 0 atom stereocenters. The Morgan fingerprint density at radius 2 is 2.10 bits per heavy atom. The van der Waals surface area contributed by atoms with Gasteiger partial charge in [-0.2, -0.15) is 18.3 Å². The van der Waals surface area contributed by atoms with Crippen LogP contribution in [0.5, 0.6) is 0 Å². The molecule has 0 aromatic carbocycles. The van der Waals surface area contributed by atoms with Gasteiger partial charge in [0.15, 0.2) is 0 Å². The van der Waals surface area contributed by atoms with Gasteiger partial charge in [-0.05, 0) is 25.0 Å². The topological polar surface area (TPSA) is 43.6 Å². The molecule has 0 amide bonds. The van der Waals surface area contributed by atoms with Gasteiger partial charge >= 0.3 is 6.18 Å². The molecule has 7 heteroatoms. The van der Waals surface area contributed by atoms with Gasteiger partial charge in [0.25, 0.3) is 0 Å². The third-order valence-corrected chi connectivity index (χ3v) is 3.20.